The summed E-state index contributed by atoms with van der Waals surface area (Å²) in [4.78, 5) is 4.45. The molecule has 1 unspecified atom stereocenters. The first-order valence-electron chi connectivity index (χ1n) is 6.98. The van der Waals surface area contributed by atoms with E-state index in [-0.39, 0.29) is 6.04 Å². The molecule has 0 aliphatic carbocycles. The van der Waals surface area contributed by atoms with Gasteiger partial charge in [-0.2, -0.15) is 4.98 Å². The predicted octanol–water partition coefficient (Wildman–Crippen LogP) is 1.50. The number of nitrogens with zero attached hydrogens (tertiary/aromatic N) is 2. The Labute approximate surface area is 118 Å². The van der Waals surface area contributed by atoms with Gasteiger partial charge in [-0.25, -0.2) is 0 Å². The molecule has 1 N–H and O–H groups in total. The fourth-order valence-corrected chi connectivity index (χ4v) is 2.29. The van der Waals surface area contributed by atoms with Crippen LogP contribution in [0.1, 0.15) is 22.8 Å². The molecule has 2 heterocycles. The van der Waals surface area contributed by atoms with E-state index in [0.29, 0.717) is 18.9 Å². The van der Waals surface area contributed by atoms with Crippen molar-refractivity contribution in [3.8, 4) is 0 Å². The maximum atomic E-state index is 5.42. The minimum Gasteiger partial charge on any atom is -0.378 e. The van der Waals surface area contributed by atoms with Crippen LogP contribution in [0.3, 0.4) is 0 Å². The molecule has 0 spiro atoms. The Kier molecular flexibility index (Phi) is 4.08. The van der Waals surface area contributed by atoms with E-state index in [0.717, 1.165) is 25.4 Å². The van der Waals surface area contributed by atoms with Gasteiger partial charge in [0.25, 0.3) is 0 Å². The van der Waals surface area contributed by atoms with Crippen molar-refractivity contribution in [2.24, 2.45) is 0 Å². The summed E-state index contributed by atoms with van der Waals surface area (Å²) in [7, 11) is 0. The zero-order valence-electron chi connectivity index (χ0n) is 11.6. The number of morpholine rings is 1. The molecule has 0 radical (unpaired) electrons. The lowest BCUT2D eigenvalue weighted by Crippen LogP contribution is -2.42. The largest absolute Gasteiger partial charge is 0.378 e. The van der Waals surface area contributed by atoms with Gasteiger partial charge in [0, 0.05) is 25.4 Å². The number of aromatic nitrogens is 2. The van der Waals surface area contributed by atoms with Gasteiger partial charge in [0.2, 0.25) is 5.89 Å². The molecular formula is C15H19N3O2. The molecule has 1 fully saturated rings. The summed E-state index contributed by atoms with van der Waals surface area (Å²) < 4.78 is 10.7. The van der Waals surface area contributed by atoms with Crippen LogP contribution in [0.2, 0.25) is 0 Å². The van der Waals surface area contributed by atoms with E-state index in [2.05, 4.69) is 46.6 Å². The Bertz CT molecular complexity index is 545. The molecule has 20 heavy (non-hydrogen) atoms. The molecule has 106 valence electrons. The van der Waals surface area contributed by atoms with E-state index in [4.69, 9.17) is 9.26 Å². The van der Waals surface area contributed by atoms with Crippen LogP contribution < -0.4 is 5.32 Å². The number of hydrogen-bond acceptors (Lipinski definition) is 5. The molecule has 1 saturated heterocycles. The number of hydrogen-bond donors (Lipinski definition) is 1. The molecule has 1 aromatic heterocycles. The molecule has 1 aliphatic rings. The third-order valence-corrected chi connectivity index (χ3v) is 3.41. The van der Waals surface area contributed by atoms with E-state index in [9.17, 15) is 0 Å². The molecule has 5 heteroatoms. The number of benzene rings is 1. The molecule has 0 amide bonds. The minimum atomic E-state index is 0.274. The quantitative estimate of drug-likeness (QED) is 0.914. The lowest BCUT2D eigenvalue weighted by Gasteiger charge is -2.22. The SMILES string of the molecule is Cc1ccc(Cc2noc(CC3COCCN3)n2)cc1. The van der Waals surface area contributed by atoms with Crippen molar-refractivity contribution >= 4 is 0 Å². The van der Waals surface area contributed by atoms with Gasteiger partial charge < -0.3 is 14.6 Å². The van der Waals surface area contributed by atoms with Crippen LogP contribution in [0.25, 0.3) is 0 Å². The van der Waals surface area contributed by atoms with Crippen molar-refractivity contribution in [2.75, 3.05) is 19.8 Å². The van der Waals surface area contributed by atoms with Gasteiger partial charge in [-0.3, -0.25) is 0 Å². The Morgan fingerprint density at radius 1 is 1.30 bits per heavy atom. The summed E-state index contributed by atoms with van der Waals surface area (Å²) in [6.45, 7) is 4.44. The molecular weight excluding hydrogens is 254 g/mol. The molecule has 0 saturated carbocycles. The topological polar surface area (TPSA) is 60.2 Å². The molecule has 3 rings (SSSR count). The van der Waals surface area contributed by atoms with Gasteiger partial charge in [0.1, 0.15) is 0 Å². The van der Waals surface area contributed by atoms with Gasteiger partial charge in [0.15, 0.2) is 5.82 Å². The molecule has 2 aromatic rings. The van der Waals surface area contributed by atoms with Crippen LogP contribution in [-0.2, 0) is 17.6 Å². The van der Waals surface area contributed by atoms with E-state index < -0.39 is 0 Å². The van der Waals surface area contributed by atoms with Gasteiger partial charge in [-0.15, -0.1) is 0 Å². The van der Waals surface area contributed by atoms with Crippen LogP contribution in [0.4, 0.5) is 0 Å². The Hall–Kier alpha value is -1.72. The van der Waals surface area contributed by atoms with Crippen molar-refractivity contribution in [1.29, 1.82) is 0 Å². The van der Waals surface area contributed by atoms with Gasteiger partial charge >= 0.3 is 0 Å². The summed E-state index contributed by atoms with van der Waals surface area (Å²) in [6.07, 6.45) is 1.43. The highest BCUT2D eigenvalue weighted by Crippen LogP contribution is 2.10. The molecule has 0 bridgehead atoms. The summed E-state index contributed by atoms with van der Waals surface area (Å²) in [5, 5.41) is 7.42. The van der Waals surface area contributed by atoms with E-state index in [1.54, 1.807) is 0 Å². The second-order valence-electron chi connectivity index (χ2n) is 5.20. The third kappa shape index (κ3) is 3.43. The average molecular weight is 273 g/mol. The molecule has 1 aromatic carbocycles. The van der Waals surface area contributed by atoms with Crippen LogP contribution >= 0.6 is 0 Å². The maximum absolute atomic E-state index is 5.42. The van der Waals surface area contributed by atoms with E-state index >= 15 is 0 Å². The zero-order valence-corrected chi connectivity index (χ0v) is 11.6. The minimum absolute atomic E-state index is 0.274. The summed E-state index contributed by atoms with van der Waals surface area (Å²) in [5.74, 6) is 1.41. The molecule has 1 atom stereocenters. The van der Waals surface area contributed by atoms with Crippen LogP contribution in [0, 0.1) is 6.92 Å². The number of aryl methyl sites for hydroxylation is 1. The van der Waals surface area contributed by atoms with Crippen molar-refractivity contribution in [1.82, 2.24) is 15.5 Å². The first-order chi connectivity index (χ1) is 9.79. The summed E-state index contributed by atoms with van der Waals surface area (Å²) in [5.41, 5.74) is 2.45. The monoisotopic (exact) mass is 273 g/mol. The van der Waals surface area contributed by atoms with Crippen molar-refractivity contribution in [2.45, 2.75) is 25.8 Å². The highest BCUT2D eigenvalue weighted by Gasteiger charge is 2.17. The predicted molar refractivity (Wildman–Crippen MR) is 74.6 cm³/mol. The van der Waals surface area contributed by atoms with Crippen molar-refractivity contribution in [3.05, 3.63) is 47.1 Å². The van der Waals surface area contributed by atoms with Crippen LogP contribution in [0.15, 0.2) is 28.8 Å². The summed E-state index contributed by atoms with van der Waals surface area (Å²) in [6, 6.07) is 8.67. The smallest absolute Gasteiger partial charge is 0.228 e. The first kappa shape index (κ1) is 13.3. The lowest BCUT2D eigenvalue weighted by atomic mass is 10.1. The Morgan fingerprint density at radius 3 is 2.90 bits per heavy atom. The normalized spacial score (nSPS) is 19.1. The fraction of sp³-hybridized carbons (Fsp3) is 0.467. The second-order valence-corrected chi connectivity index (χ2v) is 5.20. The zero-order chi connectivity index (χ0) is 13.8. The second kappa shape index (κ2) is 6.15. The third-order valence-electron chi connectivity index (χ3n) is 3.41. The maximum Gasteiger partial charge on any atom is 0.228 e. The lowest BCUT2D eigenvalue weighted by molar-refractivity contribution is 0.0744. The van der Waals surface area contributed by atoms with E-state index in [1.165, 1.54) is 11.1 Å². The van der Waals surface area contributed by atoms with Gasteiger partial charge in [-0.1, -0.05) is 35.0 Å². The highest BCUT2D eigenvalue weighted by atomic mass is 16.5. The van der Waals surface area contributed by atoms with Gasteiger partial charge in [0.05, 0.1) is 13.2 Å². The number of nitrogens with one attached hydrogen (secondary N) is 1. The summed E-state index contributed by atoms with van der Waals surface area (Å²) >= 11 is 0. The number of rotatable bonds is 4. The Balaban J connectivity index is 1.60. The van der Waals surface area contributed by atoms with E-state index in [1.807, 2.05) is 0 Å². The molecule has 1 aliphatic heterocycles. The first-order valence-corrected chi connectivity index (χ1v) is 6.98. The fourth-order valence-electron chi connectivity index (χ4n) is 2.29. The van der Waals surface area contributed by atoms with Crippen LogP contribution in [0.5, 0.6) is 0 Å². The van der Waals surface area contributed by atoms with Gasteiger partial charge in [-0.05, 0) is 12.5 Å². The highest BCUT2D eigenvalue weighted by molar-refractivity contribution is 5.23. The van der Waals surface area contributed by atoms with Crippen molar-refractivity contribution in [3.63, 3.8) is 0 Å². The molecule has 5 nitrogen and oxygen atoms in total. The van der Waals surface area contributed by atoms with Crippen LogP contribution in [-0.4, -0.2) is 35.9 Å². The number of ether oxygens (including phenoxy) is 1. The average Bonchev–Trinajstić information content (AvgIpc) is 2.90. The Morgan fingerprint density at radius 2 is 2.15 bits per heavy atom. The van der Waals surface area contributed by atoms with Crippen molar-refractivity contribution < 1.29 is 9.26 Å². The standard InChI is InChI=1S/C15H19N3O2/c1-11-2-4-12(5-3-11)8-14-17-15(20-18-14)9-13-10-19-7-6-16-13/h2-5,13,16H,6-10H2,1H3.